The van der Waals surface area contributed by atoms with Gasteiger partial charge in [-0.3, -0.25) is 9.69 Å². The first-order valence-corrected chi connectivity index (χ1v) is 11.7. The van der Waals surface area contributed by atoms with Gasteiger partial charge in [-0.2, -0.15) is 0 Å². The second-order valence-electron chi connectivity index (χ2n) is 9.13. The molecule has 5 rings (SSSR count). The van der Waals surface area contributed by atoms with Crippen LogP contribution in [-0.4, -0.2) is 37.4 Å². The summed E-state index contributed by atoms with van der Waals surface area (Å²) in [4.78, 5) is 15.6. The van der Waals surface area contributed by atoms with E-state index in [2.05, 4.69) is 40.5 Å². The summed E-state index contributed by atoms with van der Waals surface area (Å²) < 4.78 is 5.56. The molecule has 1 atom stereocenters. The minimum absolute atomic E-state index is 0.152. The van der Waals surface area contributed by atoms with Gasteiger partial charge in [0.05, 0.1) is 13.0 Å². The van der Waals surface area contributed by atoms with Crippen LogP contribution in [-0.2, 0) is 6.54 Å². The number of piperidine rings is 1. The summed E-state index contributed by atoms with van der Waals surface area (Å²) in [7, 11) is 1.75. The van der Waals surface area contributed by atoms with Gasteiger partial charge in [-0.1, -0.05) is 48.5 Å². The van der Waals surface area contributed by atoms with Crippen LogP contribution in [0.2, 0.25) is 0 Å². The highest BCUT2D eigenvalue weighted by Gasteiger charge is 2.29. The first-order chi connectivity index (χ1) is 16.1. The molecule has 2 aliphatic heterocycles. The fourth-order valence-corrected chi connectivity index (χ4v) is 5.23. The molecule has 3 aromatic rings. The molecule has 1 saturated heterocycles. The summed E-state index contributed by atoms with van der Waals surface area (Å²) in [5.41, 5.74) is 11.9. The number of nitrogens with one attached hydrogen (secondary N) is 1. The average Bonchev–Trinajstić information content (AvgIpc) is 3.27. The highest BCUT2D eigenvalue weighted by Crippen LogP contribution is 2.36. The molecule has 0 radical (unpaired) electrons. The van der Waals surface area contributed by atoms with Gasteiger partial charge in [-0.25, -0.2) is 0 Å². The zero-order valence-electron chi connectivity index (χ0n) is 19.1. The Labute approximate surface area is 195 Å². The number of ketones is 1. The predicted molar refractivity (Wildman–Crippen MR) is 133 cm³/mol. The fourth-order valence-electron chi connectivity index (χ4n) is 5.23. The van der Waals surface area contributed by atoms with Crippen molar-refractivity contribution in [2.24, 2.45) is 0 Å². The third kappa shape index (κ3) is 4.46. The van der Waals surface area contributed by atoms with E-state index in [-0.39, 0.29) is 11.7 Å². The second kappa shape index (κ2) is 9.28. The molecular weight excluding hydrogens is 410 g/mol. The number of hydrogen-bond acceptors (Lipinski definition) is 5. The van der Waals surface area contributed by atoms with Crippen molar-refractivity contribution >= 4 is 17.2 Å². The van der Waals surface area contributed by atoms with Crippen LogP contribution in [0.5, 0.6) is 5.75 Å². The van der Waals surface area contributed by atoms with E-state index in [9.17, 15) is 4.79 Å². The molecule has 0 bridgehead atoms. The van der Waals surface area contributed by atoms with Crippen molar-refractivity contribution in [2.45, 2.75) is 31.2 Å². The first-order valence-electron chi connectivity index (χ1n) is 11.7. The number of ether oxygens (including phenoxy) is 1. The molecule has 2 heterocycles. The van der Waals surface area contributed by atoms with Crippen molar-refractivity contribution < 1.29 is 9.53 Å². The van der Waals surface area contributed by atoms with Crippen LogP contribution in [0, 0.1) is 0 Å². The molecule has 33 heavy (non-hydrogen) atoms. The van der Waals surface area contributed by atoms with E-state index in [4.69, 9.17) is 10.5 Å². The third-order valence-corrected chi connectivity index (χ3v) is 7.08. The molecule has 0 saturated carbocycles. The highest BCUT2D eigenvalue weighted by atomic mass is 16.5. The van der Waals surface area contributed by atoms with Crippen LogP contribution in [0.15, 0.2) is 66.7 Å². The molecule has 5 nitrogen and oxygen atoms in total. The monoisotopic (exact) mass is 441 g/mol. The normalized spacial score (nSPS) is 18.5. The Kier molecular flexibility index (Phi) is 6.05. The van der Waals surface area contributed by atoms with Crippen molar-refractivity contribution in [2.75, 3.05) is 37.8 Å². The zero-order chi connectivity index (χ0) is 22.8. The van der Waals surface area contributed by atoms with Crippen molar-refractivity contribution in [1.29, 1.82) is 0 Å². The smallest absolute Gasteiger partial charge is 0.172 e. The van der Waals surface area contributed by atoms with Gasteiger partial charge in [0.25, 0.3) is 0 Å². The molecule has 3 N–H and O–H groups in total. The summed E-state index contributed by atoms with van der Waals surface area (Å²) >= 11 is 0. The van der Waals surface area contributed by atoms with Crippen LogP contribution in [0.25, 0.3) is 0 Å². The van der Waals surface area contributed by atoms with Crippen molar-refractivity contribution in [3.8, 4) is 5.75 Å². The van der Waals surface area contributed by atoms with Gasteiger partial charge in [0.2, 0.25) is 0 Å². The number of nitrogens with two attached hydrogens (primary N) is 1. The molecule has 0 aromatic heterocycles. The molecule has 170 valence electrons. The number of likely N-dealkylation sites (tertiary alicyclic amines) is 1. The van der Waals surface area contributed by atoms with Crippen molar-refractivity contribution in [3.05, 3.63) is 89.0 Å². The van der Waals surface area contributed by atoms with E-state index in [0.717, 1.165) is 55.0 Å². The number of nitrogens with zero attached hydrogens (tertiary/aromatic N) is 1. The van der Waals surface area contributed by atoms with Crippen LogP contribution >= 0.6 is 0 Å². The predicted octanol–water partition coefficient (Wildman–Crippen LogP) is 5.05. The maximum Gasteiger partial charge on any atom is 0.172 e. The maximum absolute atomic E-state index is 13.1. The Hall–Kier alpha value is -3.31. The van der Waals surface area contributed by atoms with Gasteiger partial charge in [-0.15, -0.1) is 0 Å². The number of carbonyl (C=O) groups is 1. The van der Waals surface area contributed by atoms with Crippen LogP contribution in [0.1, 0.15) is 51.7 Å². The van der Waals surface area contributed by atoms with E-state index in [1.165, 1.54) is 11.1 Å². The van der Waals surface area contributed by atoms with Gasteiger partial charge >= 0.3 is 0 Å². The van der Waals surface area contributed by atoms with Gasteiger partial charge in [0.15, 0.2) is 5.78 Å². The molecule has 5 heteroatoms. The number of para-hydroxylation sites is 1. The quantitative estimate of drug-likeness (QED) is 0.414. The van der Waals surface area contributed by atoms with Gasteiger partial charge in [-0.05, 0) is 66.7 Å². The minimum atomic E-state index is -0.152. The SMILES string of the molecule is COc1ccccc1C1CCN(Cc2ccc(C(=O)C3CNc4cc(N)ccc43)cc2)CC1. The molecule has 0 spiro atoms. The lowest BCUT2D eigenvalue weighted by Crippen LogP contribution is -2.32. The fraction of sp³-hybridized carbons (Fsp3) is 0.321. The number of anilines is 2. The highest BCUT2D eigenvalue weighted by molar-refractivity contribution is 6.03. The second-order valence-corrected chi connectivity index (χ2v) is 9.13. The van der Waals surface area contributed by atoms with Crippen LogP contribution in [0.3, 0.4) is 0 Å². The largest absolute Gasteiger partial charge is 0.496 e. The first kappa shape index (κ1) is 21.5. The van der Waals surface area contributed by atoms with Crippen molar-refractivity contribution in [1.82, 2.24) is 4.90 Å². The van der Waals surface area contributed by atoms with Gasteiger partial charge in [0.1, 0.15) is 5.75 Å². The Morgan fingerprint density at radius 1 is 1.03 bits per heavy atom. The Bertz CT molecular complexity index is 1130. The Morgan fingerprint density at radius 3 is 2.55 bits per heavy atom. The number of fused-ring (bicyclic) bond motifs is 1. The Balaban J connectivity index is 1.19. The van der Waals surface area contributed by atoms with E-state index in [1.54, 1.807) is 7.11 Å². The molecule has 1 fully saturated rings. The lowest BCUT2D eigenvalue weighted by Gasteiger charge is -2.32. The number of Topliss-reactive ketones (excluding diaryl/α,β-unsaturated/α-hetero) is 1. The number of nitrogen functional groups attached to an aromatic ring is 1. The van der Waals surface area contributed by atoms with Crippen LogP contribution < -0.4 is 15.8 Å². The van der Waals surface area contributed by atoms with Gasteiger partial charge in [0, 0.05) is 30.0 Å². The number of carbonyl (C=O) groups excluding carboxylic acids is 1. The topological polar surface area (TPSA) is 67.6 Å². The third-order valence-electron chi connectivity index (χ3n) is 7.08. The van der Waals surface area contributed by atoms with E-state index >= 15 is 0 Å². The van der Waals surface area contributed by atoms with E-state index in [1.807, 2.05) is 36.4 Å². The molecule has 0 aliphatic carbocycles. The summed E-state index contributed by atoms with van der Waals surface area (Å²) in [5.74, 6) is 1.56. The lowest BCUT2D eigenvalue weighted by molar-refractivity contribution is 0.0966. The number of rotatable bonds is 6. The standard InChI is InChI=1S/C28H31N3O2/c1-33-27-5-3-2-4-23(27)20-12-14-31(15-13-20)18-19-6-8-21(9-7-19)28(32)25-17-30-26-16-22(29)10-11-24(25)26/h2-11,16,20,25,30H,12-15,17-18,29H2,1H3. The lowest BCUT2D eigenvalue weighted by atomic mass is 9.88. The molecule has 2 aliphatic rings. The minimum Gasteiger partial charge on any atom is -0.496 e. The number of hydrogen-bond donors (Lipinski definition) is 2. The summed E-state index contributed by atoms with van der Waals surface area (Å²) in [6.45, 7) is 3.68. The molecule has 1 unspecified atom stereocenters. The summed E-state index contributed by atoms with van der Waals surface area (Å²) in [6, 6.07) is 22.3. The molecular formula is C28H31N3O2. The summed E-state index contributed by atoms with van der Waals surface area (Å²) in [5, 5.41) is 3.31. The molecule has 3 aromatic carbocycles. The maximum atomic E-state index is 13.1. The number of benzene rings is 3. The zero-order valence-corrected chi connectivity index (χ0v) is 19.1. The van der Waals surface area contributed by atoms with Crippen LogP contribution in [0.4, 0.5) is 11.4 Å². The number of methoxy groups -OCH3 is 1. The molecule has 0 amide bonds. The van der Waals surface area contributed by atoms with Gasteiger partial charge < -0.3 is 15.8 Å². The van der Waals surface area contributed by atoms with E-state index < -0.39 is 0 Å². The Morgan fingerprint density at radius 2 is 1.79 bits per heavy atom. The average molecular weight is 442 g/mol. The van der Waals surface area contributed by atoms with E-state index in [0.29, 0.717) is 18.2 Å². The summed E-state index contributed by atoms with van der Waals surface area (Å²) in [6.07, 6.45) is 2.27. The van der Waals surface area contributed by atoms with Crippen molar-refractivity contribution in [3.63, 3.8) is 0 Å².